The highest BCUT2D eigenvalue weighted by Gasteiger charge is 2.20. The highest BCUT2D eigenvalue weighted by atomic mass is 35.5. The van der Waals surface area contributed by atoms with E-state index in [1.807, 2.05) is 0 Å². The Morgan fingerprint density at radius 1 is 1.50 bits per heavy atom. The van der Waals surface area contributed by atoms with E-state index in [0.717, 1.165) is 5.56 Å². The molecule has 1 aromatic carbocycles. The van der Waals surface area contributed by atoms with Gasteiger partial charge in [-0.2, -0.15) is 0 Å². The van der Waals surface area contributed by atoms with Gasteiger partial charge in [-0.3, -0.25) is 4.79 Å². The maximum absolute atomic E-state index is 11.9. The van der Waals surface area contributed by atoms with Crippen molar-refractivity contribution in [2.45, 2.75) is 12.6 Å². The van der Waals surface area contributed by atoms with Gasteiger partial charge in [-0.25, -0.2) is 0 Å². The van der Waals surface area contributed by atoms with Gasteiger partial charge in [-0.05, 0) is 17.7 Å². The smallest absolute Gasteiger partial charge is 0.253 e. The second kappa shape index (κ2) is 6.95. The van der Waals surface area contributed by atoms with Gasteiger partial charge < -0.3 is 15.4 Å². The molecule has 0 aromatic heterocycles. The third kappa shape index (κ3) is 3.85. The number of hydrogen-bond donors (Lipinski definition) is 1. The fourth-order valence-electron chi connectivity index (χ4n) is 1.53. The minimum Gasteiger partial charge on any atom is -0.370 e. The summed E-state index contributed by atoms with van der Waals surface area (Å²) in [6.45, 7) is 0.530. The highest BCUT2D eigenvalue weighted by Crippen LogP contribution is 2.22. The van der Waals surface area contributed by atoms with Gasteiger partial charge in [-0.1, -0.05) is 29.3 Å². The molecule has 18 heavy (non-hydrogen) atoms. The fraction of sp³-hybridized carbons (Fsp3) is 0.417. The third-order valence-electron chi connectivity index (χ3n) is 2.57. The van der Waals surface area contributed by atoms with Crippen molar-refractivity contribution >= 4 is 29.1 Å². The molecule has 0 bridgehead atoms. The van der Waals surface area contributed by atoms with Crippen molar-refractivity contribution < 1.29 is 9.53 Å². The maximum Gasteiger partial charge on any atom is 0.253 e. The predicted molar refractivity (Wildman–Crippen MR) is 72.8 cm³/mol. The summed E-state index contributed by atoms with van der Waals surface area (Å²) < 4.78 is 5.00. The van der Waals surface area contributed by atoms with Gasteiger partial charge in [-0.15, -0.1) is 0 Å². The molecule has 0 aliphatic carbocycles. The number of nitrogens with zero attached hydrogens (tertiary/aromatic N) is 1. The molecule has 0 aliphatic rings. The summed E-state index contributed by atoms with van der Waals surface area (Å²) in [7, 11) is 3.13. The number of rotatable bonds is 5. The summed E-state index contributed by atoms with van der Waals surface area (Å²) in [6, 6.07) is 5.17. The van der Waals surface area contributed by atoms with Gasteiger partial charge in [0.1, 0.15) is 6.10 Å². The van der Waals surface area contributed by atoms with Crippen LogP contribution in [0.5, 0.6) is 0 Å². The average molecular weight is 291 g/mol. The average Bonchev–Trinajstić information content (AvgIpc) is 2.34. The van der Waals surface area contributed by atoms with E-state index in [4.69, 9.17) is 33.7 Å². The van der Waals surface area contributed by atoms with Crippen LogP contribution in [0.1, 0.15) is 5.56 Å². The van der Waals surface area contributed by atoms with Crippen LogP contribution in [0, 0.1) is 0 Å². The molecule has 4 nitrogen and oxygen atoms in total. The van der Waals surface area contributed by atoms with E-state index in [1.165, 1.54) is 12.0 Å². The normalized spacial score (nSPS) is 12.3. The molecular weight excluding hydrogens is 275 g/mol. The van der Waals surface area contributed by atoms with Gasteiger partial charge in [0, 0.05) is 37.3 Å². The Hall–Kier alpha value is -0.810. The van der Waals surface area contributed by atoms with E-state index in [0.29, 0.717) is 16.6 Å². The van der Waals surface area contributed by atoms with Crippen LogP contribution < -0.4 is 5.73 Å². The molecule has 0 saturated carbocycles. The molecule has 0 radical (unpaired) electrons. The number of amides is 1. The van der Waals surface area contributed by atoms with Crippen LogP contribution in [-0.4, -0.2) is 37.6 Å². The molecule has 1 amide bonds. The first-order valence-electron chi connectivity index (χ1n) is 5.41. The van der Waals surface area contributed by atoms with Crippen molar-refractivity contribution in [3.8, 4) is 0 Å². The zero-order valence-electron chi connectivity index (χ0n) is 10.3. The number of methoxy groups -OCH3 is 1. The lowest BCUT2D eigenvalue weighted by Crippen LogP contribution is -2.41. The van der Waals surface area contributed by atoms with Gasteiger partial charge in [0.05, 0.1) is 0 Å². The molecule has 0 spiro atoms. The number of ether oxygens (including phenoxy) is 1. The molecule has 2 N–H and O–H groups in total. The summed E-state index contributed by atoms with van der Waals surface area (Å²) in [5.41, 5.74) is 6.27. The lowest BCUT2D eigenvalue weighted by atomic mass is 10.2. The Labute approximate surface area is 117 Å². The highest BCUT2D eigenvalue weighted by molar-refractivity contribution is 6.35. The Morgan fingerprint density at radius 3 is 2.67 bits per heavy atom. The topological polar surface area (TPSA) is 55.6 Å². The van der Waals surface area contributed by atoms with Gasteiger partial charge in [0.2, 0.25) is 0 Å². The van der Waals surface area contributed by atoms with Gasteiger partial charge >= 0.3 is 0 Å². The zero-order chi connectivity index (χ0) is 13.7. The number of nitrogens with two attached hydrogens (primary N) is 1. The van der Waals surface area contributed by atoms with Crippen molar-refractivity contribution in [1.29, 1.82) is 0 Å². The van der Waals surface area contributed by atoms with Crippen LogP contribution >= 0.6 is 23.2 Å². The summed E-state index contributed by atoms with van der Waals surface area (Å²) in [5.74, 6) is -0.175. The number of benzene rings is 1. The van der Waals surface area contributed by atoms with E-state index in [2.05, 4.69) is 0 Å². The number of carbonyl (C=O) groups is 1. The lowest BCUT2D eigenvalue weighted by Gasteiger charge is -2.22. The van der Waals surface area contributed by atoms with Crippen LogP contribution in [0.15, 0.2) is 18.2 Å². The summed E-state index contributed by atoms with van der Waals surface area (Å²) in [4.78, 5) is 13.5. The lowest BCUT2D eigenvalue weighted by molar-refractivity contribution is -0.140. The number of halogens is 2. The second-order valence-electron chi connectivity index (χ2n) is 3.89. The molecule has 0 saturated heterocycles. The van der Waals surface area contributed by atoms with E-state index < -0.39 is 6.10 Å². The van der Waals surface area contributed by atoms with Crippen LogP contribution in [0.4, 0.5) is 0 Å². The van der Waals surface area contributed by atoms with E-state index in [9.17, 15) is 4.79 Å². The number of likely N-dealkylation sites (N-methyl/N-ethyl adjacent to an activating group) is 1. The Kier molecular flexibility index (Phi) is 5.88. The third-order valence-corrected chi connectivity index (χ3v) is 3.16. The predicted octanol–water partition coefficient (Wildman–Crippen LogP) is 1.93. The Morgan fingerprint density at radius 2 is 2.17 bits per heavy atom. The van der Waals surface area contributed by atoms with Crippen LogP contribution in [-0.2, 0) is 16.1 Å². The summed E-state index contributed by atoms with van der Waals surface area (Å²) in [5, 5.41) is 1.10. The second-order valence-corrected chi connectivity index (χ2v) is 4.73. The summed E-state index contributed by atoms with van der Waals surface area (Å²) in [6.07, 6.45) is -0.624. The monoisotopic (exact) mass is 290 g/mol. The van der Waals surface area contributed by atoms with Crippen molar-refractivity contribution in [2.24, 2.45) is 5.73 Å². The Balaban J connectivity index is 2.75. The van der Waals surface area contributed by atoms with Crippen molar-refractivity contribution in [2.75, 3.05) is 20.7 Å². The van der Waals surface area contributed by atoms with Crippen molar-refractivity contribution in [3.63, 3.8) is 0 Å². The number of carbonyl (C=O) groups excluding carboxylic acids is 1. The molecule has 0 aliphatic heterocycles. The summed E-state index contributed by atoms with van der Waals surface area (Å²) >= 11 is 11.9. The molecule has 0 fully saturated rings. The van der Waals surface area contributed by atoms with Crippen LogP contribution in [0.25, 0.3) is 0 Å². The molecule has 6 heteroatoms. The van der Waals surface area contributed by atoms with Crippen LogP contribution in [0.3, 0.4) is 0 Å². The SMILES string of the molecule is COC(CN)C(=O)N(C)Cc1ccc(Cl)cc1Cl. The standard InChI is InChI=1S/C12H16Cl2N2O2/c1-16(12(17)11(6-15)18-2)7-8-3-4-9(13)5-10(8)14/h3-5,11H,6-7,15H2,1-2H3. The quantitative estimate of drug-likeness (QED) is 0.901. The molecule has 1 unspecified atom stereocenters. The molecule has 1 atom stereocenters. The molecular formula is C12H16Cl2N2O2. The maximum atomic E-state index is 11.9. The first-order chi connectivity index (χ1) is 8.49. The minimum atomic E-state index is -0.624. The fourth-order valence-corrected chi connectivity index (χ4v) is 2.00. The largest absolute Gasteiger partial charge is 0.370 e. The molecule has 0 heterocycles. The first kappa shape index (κ1) is 15.2. The number of hydrogen-bond acceptors (Lipinski definition) is 3. The van der Waals surface area contributed by atoms with Crippen LogP contribution in [0.2, 0.25) is 10.0 Å². The minimum absolute atomic E-state index is 0.147. The van der Waals surface area contributed by atoms with Crippen molar-refractivity contribution in [1.82, 2.24) is 4.90 Å². The first-order valence-corrected chi connectivity index (χ1v) is 6.17. The zero-order valence-corrected chi connectivity index (χ0v) is 11.8. The van der Waals surface area contributed by atoms with Gasteiger partial charge in [0.25, 0.3) is 5.91 Å². The molecule has 1 aromatic rings. The van der Waals surface area contributed by atoms with Gasteiger partial charge in [0.15, 0.2) is 0 Å². The van der Waals surface area contributed by atoms with E-state index >= 15 is 0 Å². The van der Waals surface area contributed by atoms with E-state index in [1.54, 1.807) is 25.2 Å². The molecule has 100 valence electrons. The van der Waals surface area contributed by atoms with E-state index in [-0.39, 0.29) is 12.5 Å². The molecule has 1 rings (SSSR count). The van der Waals surface area contributed by atoms with Crippen molar-refractivity contribution in [3.05, 3.63) is 33.8 Å². The Bertz CT molecular complexity index is 423.